The Morgan fingerprint density at radius 1 is 1.27 bits per heavy atom. The Balaban J connectivity index is 3.51. The number of aromatic carboxylic acids is 2. The summed E-state index contributed by atoms with van der Waals surface area (Å²) in [5.74, 6) is -2.61. The number of anilines is 1. The highest BCUT2D eigenvalue weighted by Crippen LogP contribution is 2.28. The summed E-state index contributed by atoms with van der Waals surface area (Å²) in [5.41, 5.74) is 4.46. The molecule has 1 aromatic carbocycles. The molecule has 0 saturated heterocycles. The molecule has 4 N–H and O–H groups in total. The van der Waals surface area contributed by atoms with Gasteiger partial charge in [-0.2, -0.15) is 0 Å². The third-order valence-corrected chi connectivity index (χ3v) is 1.87. The third-order valence-electron chi connectivity index (χ3n) is 1.87. The van der Waals surface area contributed by atoms with Crippen molar-refractivity contribution in [2.75, 3.05) is 12.8 Å². The number of carbonyl (C=O) groups is 2. The Kier molecular flexibility index (Phi) is 2.80. The van der Waals surface area contributed by atoms with Gasteiger partial charge < -0.3 is 20.7 Å². The van der Waals surface area contributed by atoms with Crippen molar-refractivity contribution >= 4 is 17.6 Å². The van der Waals surface area contributed by atoms with Gasteiger partial charge in [-0.1, -0.05) is 0 Å². The highest BCUT2D eigenvalue weighted by molar-refractivity contribution is 6.06. The van der Waals surface area contributed by atoms with Crippen molar-refractivity contribution in [2.24, 2.45) is 0 Å². The van der Waals surface area contributed by atoms with E-state index >= 15 is 0 Å². The molecule has 15 heavy (non-hydrogen) atoms. The maximum absolute atomic E-state index is 10.8. The topological polar surface area (TPSA) is 110 Å². The fourth-order valence-electron chi connectivity index (χ4n) is 1.19. The van der Waals surface area contributed by atoms with Crippen molar-refractivity contribution in [2.45, 2.75) is 0 Å². The van der Waals surface area contributed by atoms with Gasteiger partial charge in [0.25, 0.3) is 0 Å². The number of nitrogens with two attached hydrogens (primary N) is 1. The van der Waals surface area contributed by atoms with Crippen molar-refractivity contribution in [3.8, 4) is 5.75 Å². The number of rotatable bonds is 3. The fourth-order valence-corrected chi connectivity index (χ4v) is 1.19. The second-order valence-electron chi connectivity index (χ2n) is 2.71. The first kappa shape index (κ1) is 10.8. The predicted molar refractivity (Wildman–Crippen MR) is 51.3 cm³/mol. The number of carboxylic acid groups (broad SMARTS) is 2. The molecule has 0 atom stereocenters. The number of benzene rings is 1. The summed E-state index contributed by atoms with van der Waals surface area (Å²) in [6, 6.07) is 2.45. The Hall–Kier alpha value is -2.24. The fraction of sp³-hybridized carbons (Fsp3) is 0.111. The van der Waals surface area contributed by atoms with E-state index in [9.17, 15) is 9.59 Å². The zero-order valence-electron chi connectivity index (χ0n) is 7.85. The van der Waals surface area contributed by atoms with Gasteiger partial charge in [0.1, 0.15) is 11.3 Å². The van der Waals surface area contributed by atoms with Crippen LogP contribution in [0.15, 0.2) is 12.1 Å². The molecule has 1 aromatic rings. The molecule has 0 spiro atoms. The van der Waals surface area contributed by atoms with E-state index in [4.69, 9.17) is 20.7 Å². The van der Waals surface area contributed by atoms with Gasteiger partial charge >= 0.3 is 11.9 Å². The van der Waals surface area contributed by atoms with E-state index in [1.54, 1.807) is 0 Å². The van der Waals surface area contributed by atoms with Crippen LogP contribution in [0.3, 0.4) is 0 Å². The standard InChI is InChI=1S/C9H9NO5/c1-15-5-3-2-4(8(11)12)6(7(5)10)9(13)14/h2-3H,10H2,1H3,(H,11,12)(H,13,14). The van der Waals surface area contributed by atoms with E-state index in [1.807, 2.05) is 0 Å². The van der Waals surface area contributed by atoms with Gasteiger partial charge in [-0.25, -0.2) is 9.59 Å². The van der Waals surface area contributed by atoms with Crippen LogP contribution in [0.2, 0.25) is 0 Å². The maximum atomic E-state index is 10.8. The number of hydrogen-bond donors (Lipinski definition) is 3. The predicted octanol–water partition coefficient (Wildman–Crippen LogP) is 0.674. The van der Waals surface area contributed by atoms with Crippen LogP contribution in [-0.4, -0.2) is 29.3 Å². The Labute approximate surface area is 84.9 Å². The van der Waals surface area contributed by atoms with Gasteiger partial charge in [0, 0.05) is 0 Å². The zero-order valence-corrected chi connectivity index (χ0v) is 7.85. The maximum Gasteiger partial charge on any atom is 0.338 e. The molecular formula is C9H9NO5. The van der Waals surface area contributed by atoms with E-state index in [0.717, 1.165) is 6.07 Å². The van der Waals surface area contributed by atoms with Crippen LogP contribution >= 0.6 is 0 Å². The number of ether oxygens (including phenoxy) is 1. The minimum atomic E-state index is -1.40. The molecule has 0 aliphatic carbocycles. The van der Waals surface area contributed by atoms with Crippen LogP contribution in [0.4, 0.5) is 5.69 Å². The largest absolute Gasteiger partial charge is 0.495 e. The molecule has 0 fully saturated rings. The smallest absolute Gasteiger partial charge is 0.338 e. The first-order valence-corrected chi connectivity index (χ1v) is 3.92. The molecule has 0 saturated carbocycles. The van der Waals surface area contributed by atoms with Gasteiger partial charge in [-0.05, 0) is 12.1 Å². The van der Waals surface area contributed by atoms with Crippen LogP contribution in [0, 0.1) is 0 Å². The zero-order chi connectivity index (χ0) is 11.6. The second kappa shape index (κ2) is 3.87. The quantitative estimate of drug-likeness (QED) is 0.634. The van der Waals surface area contributed by atoms with Crippen molar-refractivity contribution in [1.82, 2.24) is 0 Å². The first-order chi connectivity index (χ1) is 6.99. The summed E-state index contributed by atoms with van der Waals surface area (Å²) >= 11 is 0. The molecule has 1 rings (SSSR count). The van der Waals surface area contributed by atoms with E-state index in [-0.39, 0.29) is 17.0 Å². The molecule has 0 aliphatic rings. The molecule has 6 heteroatoms. The van der Waals surface area contributed by atoms with E-state index in [1.165, 1.54) is 13.2 Å². The van der Waals surface area contributed by atoms with Crippen molar-refractivity contribution in [3.63, 3.8) is 0 Å². The van der Waals surface area contributed by atoms with Crippen LogP contribution in [0.5, 0.6) is 5.75 Å². The molecule has 0 bridgehead atoms. The van der Waals surface area contributed by atoms with Crippen molar-refractivity contribution in [1.29, 1.82) is 0 Å². The normalized spacial score (nSPS) is 9.67. The molecule has 6 nitrogen and oxygen atoms in total. The van der Waals surface area contributed by atoms with Crippen LogP contribution < -0.4 is 10.5 Å². The Morgan fingerprint density at radius 3 is 2.27 bits per heavy atom. The minimum Gasteiger partial charge on any atom is -0.495 e. The van der Waals surface area contributed by atoms with Crippen LogP contribution in [-0.2, 0) is 0 Å². The lowest BCUT2D eigenvalue weighted by molar-refractivity contribution is 0.0652. The van der Waals surface area contributed by atoms with Gasteiger partial charge in [0.2, 0.25) is 0 Å². The average molecular weight is 211 g/mol. The Bertz CT molecular complexity index is 427. The van der Waals surface area contributed by atoms with Gasteiger partial charge in [0.15, 0.2) is 0 Å². The summed E-state index contributed by atoms with van der Waals surface area (Å²) in [7, 11) is 1.32. The SMILES string of the molecule is COc1ccc(C(=O)O)c(C(=O)O)c1N. The molecular weight excluding hydrogens is 202 g/mol. The summed E-state index contributed by atoms with van der Waals surface area (Å²) in [6.45, 7) is 0. The summed E-state index contributed by atoms with van der Waals surface area (Å²) < 4.78 is 4.79. The van der Waals surface area contributed by atoms with Gasteiger partial charge in [0.05, 0.1) is 18.4 Å². The lowest BCUT2D eigenvalue weighted by atomic mass is 10.0. The summed E-state index contributed by atoms with van der Waals surface area (Å²) in [5, 5.41) is 17.6. The molecule has 0 amide bonds. The first-order valence-electron chi connectivity index (χ1n) is 3.92. The van der Waals surface area contributed by atoms with Crippen LogP contribution in [0.25, 0.3) is 0 Å². The minimum absolute atomic E-state index is 0.136. The highest BCUT2D eigenvalue weighted by Gasteiger charge is 2.21. The third kappa shape index (κ3) is 1.83. The number of nitrogen functional groups attached to an aromatic ring is 1. The number of carboxylic acids is 2. The number of hydrogen-bond acceptors (Lipinski definition) is 4. The molecule has 0 aromatic heterocycles. The van der Waals surface area contributed by atoms with E-state index in [0.29, 0.717) is 0 Å². The monoisotopic (exact) mass is 211 g/mol. The number of methoxy groups -OCH3 is 1. The van der Waals surface area contributed by atoms with Crippen molar-refractivity contribution < 1.29 is 24.5 Å². The summed E-state index contributed by atoms with van der Waals surface area (Å²) in [6.07, 6.45) is 0. The van der Waals surface area contributed by atoms with Crippen LogP contribution in [0.1, 0.15) is 20.7 Å². The molecule has 0 radical (unpaired) electrons. The lowest BCUT2D eigenvalue weighted by Gasteiger charge is -2.09. The van der Waals surface area contributed by atoms with Crippen molar-refractivity contribution in [3.05, 3.63) is 23.3 Å². The van der Waals surface area contributed by atoms with E-state index in [2.05, 4.69) is 0 Å². The molecule has 80 valence electrons. The highest BCUT2D eigenvalue weighted by atomic mass is 16.5. The van der Waals surface area contributed by atoms with Gasteiger partial charge in [-0.15, -0.1) is 0 Å². The van der Waals surface area contributed by atoms with E-state index < -0.39 is 17.5 Å². The average Bonchev–Trinajstić information content (AvgIpc) is 2.16. The summed E-state index contributed by atoms with van der Waals surface area (Å²) in [4.78, 5) is 21.5. The lowest BCUT2D eigenvalue weighted by Crippen LogP contribution is -2.12. The molecule has 0 unspecified atom stereocenters. The molecule has 0 aliphatic heterocycles. The second-order valence-corrected chi connectivity index (χ2v) is 2.71. The molecule has 0 heterocycles. The Morgan fingerprint density at radius 2 is 1.87 bits per heavy atom. The van der Waals surface area contributed by atoms with Gasteiger partial charge in [-0.3, -0.25) is 0 Å².